The third-order valence-corrected chi connectivity index (χ3v) is 2.83. The molecule has 0 aromatic rings. The second-order valence-corrected chi connectivity index (χ2v) is 4.05. The zero-order valence-corrected chi connectivity index (χ0v) is 8.67. The van der Waals surface area contributed by atoms with E-state index in [-0.39, 0.29) is 0 Å². The highest BCUT2D eigenvalue weighted by Crippen LogP contribution is 2.11. The van der Waals surface area contributed by atoms with Gasteiger partial charge in [0.15, 0.2) is 0 Å². The Morgan fingerprint density at radius 3 is 3.14 bits per heavy atom. The average molecular weight is 193 g/mol. The molecular formula is C12H19NO. The summed E-state index contributed by atoms with van der Waals surface area (Å²) >= 11 is 0. The Morgan fingerprint density at radius 1 is 1.43 bits per heavy atom. The molecule has 0 fully saturated rings. The molecule has 1 unspecified atom stereocenters. The minimum Gasteiger partial charge on any atom is -0.377 e. The van der Waals surface area contributed by atoms with E-state index in [0.717, 1.165) is 26.2 Å². The Kier molecular flexibility index (Phi) is 3.78. The second-order valence-electron chi connectivity index (χ2n) is 4.05. The van der Waals surface area contributed by atoms with Gasteiger partial charge in [-0.15, -0.1) is 0 Å². The molecule has 0 aromatic carbocycles. The van der Waals surface area contributed by atoms with Gasteiger partial charge in [0.1, 0.15) is 0 Å². The minimum atomic E-state index is 0.589. The summed E-state index contributed by atoms with van der Waals surface area (Å²) in [5.41, 5.74) is 1.41. The number of hydrogen-bond acceptors (Lipinski definition) is 2. The molecule has 1 atom stereocenters. The van der Waals surface area contributed by atoms with Gasteiger partial charge >= 0.3 is 0 Å². The first-order valence-corrected chi connectivity index (χ1v) is 5.61. The molecule has 0 spiro atoms. The molecule has 1 aliphatic heterocycles. The summed E-state index contributed by atoms with van der Waals surface area (Å²) < 4.78 is 5.40. The van der Waals surface area contributed by atoms with Crippen molar-refractivity contribution in [3.63, 3.8) is 0 Å². The Hall–Kier alpha value is -0.600. The van der Waals surface area contributed by atoms with Crippen LogP contribution in [0.25, 0.3) is 0 Å². The number of rotatable bonds is 3. The van der Waals surface area contributed by atoms with E-state index in [1.54, 1.807) is 0 Å². The molecule has 0 saturated carbocycles. The van der Waals surface area contributed by atoms with Crippen LogP contribution in [0, 0.1) is 0 Å². The SMILES string of the molecule is C1=CC(NCC2=CCCOC2)CCC1. The van der Waals surface area contributed by atoms with Gasteiger partial charge in [-0.3, -0.25) is 0 Å². The van der Waals surface area contributed by atoms with Crippen LogP contribution in [-0.2, 0) is 4.74 Å². The van der Waals surface area contributed by atoms with Gasteiger partial charge in [0.05, 0.1) is 13.2 Å². The Balaban J connectivity index is 1.73. The highest BCUT2D eigenvalue weighted by molar-refractivity contribution is 5.08. The lowest BCUT2D eigenvalue weighted by atomic mass is 10.0. The quantitative estimate of drug-likeness (QED) is 0.692. The highest BCUT2D eigenvalue weighted by atomic mass is 16.5. The third kappa shape index (κ3) is 2.96. The lowest BCUT2D eigenvalue weighted by Gasteiger charge is -2.20. The lowest BCUT2D eigenvalue weighted by Crippen LogP contribution is -2.31. The van der Waals surface area contributed by atoms with Crippen LogP contribution in [0.5, 0.6) is 0 Å². The van der Waals surface area contributed by atoms with Crippen LogP contribution in [0.3, 0.4) is 0 Å². The van der Waals surface area contributed by atoms with E-state index >= 15 is 0 Å². The smallest absolute Gasteiger partial charge is 0.0689 e. The van der Waals surface area contributed by atoms with Crippen molar-refractivity contribution in [2.24, 2.45) is 0 Å². The first-order valence-electron chi connectivity index (χ1n) is 5.61. The normalized spacial score (nSPS) is 27.4. The topological polar surface area (TPSA) is 21.3 Å². The van der Waals surface area contributed by atoms with Gasteiger partial charge in [0, 0.05) is 12.6 Å². The fourth-order valence-electron chi connectivity index (χ4n) is 1.98. The minimum absolute atomic E-state index is 0.589. The van der Waals surface area contributed by atoms with E-state index in [0.29, 0.717) is 6.04 Å². The first kappa shape index (κ1) is 9.94. The zero-order chi connectivity index (χ0) is 9.64. The maximum atomic E-state index is 5.40. The maximum absolute atomic E-state index is 5.40. The van der Waals surface area contributed by atoms with Crippen molar-refractivity contribution in [1.29, 1.82) is 0 Å². The number of allylic oxidation sites excluding steroid dienone is 1. The van der Waals surface area contributed by atoms with Crippen LogP contribution in [0.15, 0.2) is 23.8 Å². The van der Waals surface area contributed by atoms with Crippen molar-refractivity contribution in [2.75, 3.05) is 19.8 Å². The molecule has 0 saturated heterocycles. The molecule has 2 rings (SSSR count). The lowest BCUT2D eigenvalue weighted by molar-refractivity contribution is 0.148. The van der Waals surface area contributed by atoms with Crippen molar-refractivity contribution >= 4 is 0 Å². The zero-order valence-electron chi connectivity index (χ0n) is 8.67. The average Bonchev–Trinajstić information content (AvgIpc) is 2.29. The van der Waals surface area contributed by atoms with Crippen molar-refractivity contribution in [3.8, 4) is 0 Å². The molecule has 2 nitrogen and oxygen atoms in total. The highest BCUT2D eigenvalue weighted by Gasteiger charge is 2.09. The Bertz CT molecular complexity index is 232. The summed E-state index contributed by atoms with van der Waals surface area (Å²) in [4.78, 5) is 0. The van der Waals surface area contributed by atoms with Gasteiger partial charge in [-0.25, -0.2) is 0 Å². The summed E-state index contributed by atoms with van der Waals surface area (Å²) in [6.07, 6.45) is 11.8. The van der Waals surface area contributed by atoms with E-state index in [4.69, 9.17) is 4.74 Å². The van der Waals surface area contributed by atoms with Gasteiger partial charge < -0.3 is 10.1 Å². The van der Waals surface area contributed by atoms with Crippen molar-refractivity contribution in [3.05, 3.63) is 23.8 Å². The standard InChI is InChI=1S/C12H19NO/c1-2-6-12(7-3-1)13-9-11-5-4-8-14-10-11/h2,5-6,12-13H,1,3-4,7-10H2. The molecule has 0 amide bonds. The Labute approximate surface area is 86.0 Å². The van der Waals surface area contributed by atoms with Gasteiger partial charge in [-0.2, -0.15) is 0 Å². The molecule has 0 aromatic heterocycles. The summed E-state index contributed by atoms with van der Waals surface area (Å²) in [5.74, 6) is 0. The predicted molar refractivity (Wildman–Crippen MR) is 58.3 cm³/mol. The number of hydrogen-bond donors (Lipinski definition) is 1. The molecule has 0 radical (unpaired) electrons. The number of ether oxygens (including phenoxy) is 1. The molecule has 2 aliphatic rings. The molecule has 78 valence electrons. The monoisotopic (exact) mass is 193 g/mol. The molecule has 1 N–H and O–H groups in total. The molecule has 1 heterocycles. The van der Waals surface area contributed by atoms with Crippen LogP contribution in [-0.4, -0.2) is 25.8 Å². The largest absolute Gasteiger partial charge is 0.377 e. The fourth-order valence-corrected chi connectivity index (χ4v) is 1.98. The summed E-state index contributed by atoms with van der Waals surface area (Å²) in [6.45, 7) is 2.71. The summed E-state index contributed by atoms with van der Waals surface area (Å²) in [7, 11) is 0. The van der Waals surface area contributed by atoms with Crippen molar-refractivity contribution in [1.82, 2.24) is 5.32 Å². The number of nitrogens with one attached hydrogen (secondary N) is 1. The van der Waals surface area contributed by atoms with Crippen LogP contribution in [0.1, 0.15) is 25.7 Å². The maximum Gasteiger partial charge on any atom is 0.0689 e. The van der Waals surface area contributed by atoms with E-state index in [2.05, 4.69) is 23.5 Å². The molecule has 14 heavy (non-hydrogen) atoms. The van der Waals surface area contributed by atoms with Crippen LogP contribution in [0.4, 0.5) is 0 Å². The molecule has 0 bridgehead atoms. The van der Waals surface area contributed by atoms with Crippen LogP contribution >= 0.6 is 0 Å². The van der Waals surface area contributed by atoms with Crippen molar-refractivity contribution < 1.29 is 4.74 Å². The van der Waals surface area contributed by atoms with Crippen molar-refractivity contribution in [2.45, 2.75) is 31.7 Å². The molecule has 1 aliphatic carbocycles. The molecular weight excluding hydrogens is 174 g/mol. The van der Waals surface area contributed by atoms with Crippen LogP contribution in [0.2, 0.25) is 0 Å². The van der Waals surface area contributed by atoms with E-state index in [1.165, 1.54) is 24.8 Å². The van der Waals surface area contributed by atoms with Gasteiger partial charge in [0.2, 0.25) is 0 Å². The van der Waals surface area contributed by atoms with E-state index in [1.807, 2.05) is 0 Å². The summed E-state index contributed by atoms with van der Waals surface area (Å²) in [5, 5.41) is 3.56. The first-order chi connectivity index (χ1) is 6.95. The van der Waals surface area contributed by atoms with Crippen LogP contribution < -0.4 is 5.32 Å². The van der Waals surface area contributed by atoms with E-state index in [9.17, 15) is 0 Å². The third-order valence-electron chi connectivity index (χ3n) is 2.83. The second kappa shape index (κ2) is 5.32. The van der Waals surface area contributed by atoms with Gasteiger partial charge in [-0.1, -0.05) is 18.2 Å². The fraction of sp³-hybridized carbons (Fsp3) is 0.667. The predicted octanol–water partition coefficient (Wildman–Crippen LogP) is 2.03. The molecule has 2 heteroatoms. The Morgan fingerprint density at radius 2 is 2.43 bits per heavy atom. The van der Waals surface area contributed by atoms with E-state index < -0.39 is 0 Å². The van der Waals surface area contributed by atoms with Gasteiger partial charge in [-0.05, 0) is 31.3 Å². The summed E-state index contributed by atoms with van der Waals surface area (Å²) in [6, 6.07) is 0.589. The van der Waals surface area contributed by atoms with Gasteiger partial charge in [0.25, 0.3) is 0 Å².